The van der Waals surface area contributed by atoms with E-state index in [0.717, 1.165) is 13.2 Å². The number of hydrogen-bond donors (Lipinski definition) is 1. The molecule has 0 amide bonds. The highest BCUT2D eigenvalue weighted by Crippen LogP contribution is 2.21. The molecule has 1 N–H and O–H groups in total. The Morgan fingerprint density at radius 1 is 1.33 bits per heavy atom. The van der Waals surface area contributed by atoms with Crippen LogP contribution in [0.3, 0.4) is 0 Å². The first kappa shape index (κ1) is 10.7. The molecule has 1 aliphatic rings. The molecule has 1 aromatic rings. The predicted molar refractivity (Wildman–Crippen MR) is 62.1 cm³/mol. The summed E-state index contributed by atoms with van der Waals surface area (Å²) in [4.78, 5) is 0. The van der Waals surface area contributed by atoms with Crippen molar-refractivity contribution in [3.8, 4) is 0 Å². The maximum absolute atomic E-state index is 5.67. The molecular weight excluding hydrogens is 186 g/mol. The van der Waals surface area contributed by atoms with Crippen LogP contribution in [0.5, 0.6) is 0 Å². The molecule has 0 aliphatic carbocycles. The van der Waals surface area contributed by atoms with Gasteiger partial charge in [-0.25, -0.2) is 0 Å². The molecule has 2 unspecified atom stereocenters. The number of rotatable bonds is 1. The molecule has 1 saturated heterocycles. The molecule has 0 aromatic heterocycles. The lowest BCUT2D eigenvalue weighted by molar-refractivity contribution is 0.0148. The first-order chi connectivity index (χ1) is 7.16. The summed E-state index contributed by atoms with van der Waals surface area (Å²) in [6, 6.07) is 6.97. The fraction of sp³-hybridized carbons (Fsp3) is 0.538. The van der Waals surface area contributed by atoms with Crippen molar-refractivity contribution >= 4 is 0 Å². The SMILES string of the molecule is Cc1ccc(C2COC(C)CN2)c(C)c1. The van der Waals surface area contributed by atoms with Crippen LogP contribution in [0, 0.1) is 13.8 Å². The second-order valence-electron chi connectivity index (χ2n) is 4.46. The van der Waals surface area contributed by atoms with Gasteiger partial charge in [-0.15, -0.1) is 0 Å². The zero-order valence-electron chi connectivity index (χ0n) is 9.71. The lowest BCUT2D eigenvalue weighted by atomic mass is 9.99. The van der Waals surface area contributed by atoms with Gasteiger partial charge in [0.2, 0.25) is 0 Å². The van der Waals surface area contributed by atoms with Crippen LogP contribution in [0.2, 0.25) is 0 Å². The highest BCUT2D eigenvalue weighted by molar-refractivity contribution is 5.33. The minimum atomic E-state index is 0.340. The number of hydrogen-bond acceptors (Lipinski definition) is 2. The van der Waals surface area contributed by atoms with Crippen LogP contribution in [-0.2, 0) is 4.74 Å². The summed E-state index contributed by atoms with van der Waals surface area (Å²) in [6.45, 7) is 8.12. The number of benzene rings is 1. The van der Waals surface area contributed by atoms with Crippen molar-refractivity contribution in [2.24, 2.45) is 0 Å². The Balaban J connectivity index is 2.15. The fourth-order valence-corrected chi connectivity index (χ4v) is 2.10. The van der Waals surface area contributed by atoms with Crippen LogP contribution >= 0.6 is 0 Å². The second-order valence-corrected chi connectivity index (χ2v) is 4.46. The highest BCUT2D eigenvalue weighted by Gasteiger charge is 2.20. The first-order valence-corrected chi connectivity index (χ1v) is 5.59. The molecule has 0 saturated carbocycles. The van der Waals surface area contributed by atoms with E-state index in [-0.39, 0.29) is 0 Å². The van der Waals surface area contributed by atoms with Gasteiger partial charge in [0.25, 0.3) is 0 Å². The average molecular weight is 205 g/mol. The van der Waals surface area contributed by atoms with Crippen molar-refractivity contribution in [3.05, 3.63) is 34.9 Å². The molecule has 2 nitrogen and oxygen atoms in total. The van der Waals surface area contributed by atoms with E-state index in [9.17, 15) is 0 Å². The van der Waals surface area contributed by atoms with Gasteiger partial charge in [-0.05, 0) is 31.9 Å². The topological polar surface area (TPSA) is 21.3 Å². The van der Waals surface area contributed by atoms with Gasteiger partial charge >= 0.3 is 0 Å². The maximum atomic E-state index is 5.67. The molecular formula is C13H19NO. The molecule has 15 heavy (non-hydrogen) atoms. The van der Waals surface area contributed by atoms with E-state index in [0.29, 0.717) is 12.1 Å². The van der Waals surface area contributed by atoms with Crippen LogP contribution in [0.25, 0.3) is 0 Å². The summed E-state index contributed by atoms with van der Waals surface area (Å²) in [5, 5.41) is 3.52. The molecule has 2 atom stereocenters. The van der Waals surface area contributed by atoms with Crippen LogP contribution < -0.4 is 5.32 Å². The molecule has 2 heteroatoms. The van der Waals surface area contributed by atoms with E-state index in [1.165, 1.54) is 16.7 Å². The Bertz CT molecular complexity index is 340. The van der Waals surface area contributed by atoms with Gasteiger partial charge in [0.1, 0.15) is 0 Å². The van der Waals surface area contributed by atoms with Crippen molar-refractivity contribution in [2.75, 3.05) is 13.2 Å². The van der Waals surface area contributed by atoms with Gasteiger partial charge in [-0.1, -0.05) is 23.8 Å². The van der Waals surface area contributed by atoms with E-state index in [2.05, 4.69) is 44.3 Å². The summed E-state index contributed by atoms with van der Waals surface area (Å²) in [5.74, 6) is 0. The zero-order chi connectivity index (χ0) is 10.8. The number of aryl methyl sites for hydroxylation is 2. The minimum absolute atomic E-state index is 0.340. The van der Waals surface area contributed by atoms with E-state index >= 15 is 0 Å². The lowest BCUT2D eigenvalue weighted by Gasteiger charge is -2.29. The molecule has 1 aromatic carbocycles. The normalized spacial score (nSPS) is 26.6. The van der Waals surface area contributed by atoms with E-state index < -0.39 is 0 Å². The Labute approximate surface area is 91.6 Å². The van der Waals surface area contributed by atoms with Crippen molar-refractivity contribution in [1.82, 2.24) is 5.32 Å². The first-order valence-electron chi connectivity index (χ1n) is 5.59. The maximum Gasteiger partial charge on any atom is 0.0672 e. The van der Waals surface area contributed by atoms with Crippen molar-refractivity contribution in [2.45, 2.75) is 32.9 Å². The van der Waals surface area contributed by atoms with Gasteiger partial charge < -0.3 is 10.1 Å². The van der Waals surface area contributed by atoms with Crippen molar-refractivity contribution in [1.29, 1.82) is 0 Å². The summed E-state index contributed by atoms with van der Waals surface area (Å²) >= 11 is 0. The van der Waals surface area contributed by atoms with E-state index in [1.54, 1.807) is 0 Å². The van der Waals surface area contributed by atoms with E-state index in [1.807, 2.05) is 0 Å². The third-order valence-electron chi connectivity index (χ3n) is 3.00. The standard InChI is InChI=1S/C13H19NO/c1-9-4-5-12(10(2)6-9)13-8-15-11(3)7-14-13/h4-6,11,13-14H,7-8H2,1-3H3. The van der Waals surface area contributed by atoms with Crippen LogP contribution in [0.1, 0.15) is 29.7 Å². The molecule has 0 radical (unpaired) electrons. The highest BCUT2D eigenvalue weighted by atomic mass is 16.5. The quantitative estimate of drug-likeness (QED) is 0.760. The zero-order valence-corrected chi connectivity index (χ0v) is 9.71. The van der Waals surface area contributed by atoms with Crippen molar-refractivity contribution in [3.63, 3.8) is 0 Å². The lowest BCUT2D eigenvalue weighted by Crippen LogP contribution is -2.39. The van der Waals surface area contributed by atoms with Crippen molar-refractivity contribution < 1.29 is 4.74 Å². The average Bonchev–Trinajstić information content (AvgIpc) is 2.20. The summed E-state index contributed by atoms with van der Waals surface area (Å²) in [7, 11) is 0. The Kier molecular flexibility index (Phi) is 3.08. The number of nitrogens with one attached hydrogen (secondary N) is 1. The van der Waals surface area contributed by atoms with Gasteiger partial charge in [0.15, 0.2) is 0 Å². The Morgan fingerprint density at radius 2 is 2.13 bits per heavy atom. The Morgan fingerprint density at radius 3 is 2.73 bits per heavy atom. The van der Waals surface area contributed by atoms with Gasteiger partial charge in [-0.2, -0.15) is 0 Å². The molecule has 1 aliphatic heterocycles. The molecule has 2 rings (SSSR count). The fourth-order valence-electron chi connectivity index (χ4n) is 2.10. The number of ether oxygens (including phenoxy) is 1. The second kappa shape index (κ2) is 4.33. The summed E-state index contributed by atoms with van der Waals surface area (Å²) in [6.07, 6.45) is 0.340. The van der Waals surface area contributed by atoms with Gasteiger partial charge in [0.05, 0.1) is 18.8 Å². The smallest absolute Gasteiger partial charge is 0.0672 e. The van der Waals surface area contributed by atoms with E-state index in [4.69, 9.17) is 4.74 Å². The predicted octanol–water partition coefficient (Wildman–Crippen LogP) is 2.35. The van der Waals surface area contributed by atoms with Crippen LogP contribution in [-0.4, -0.2) is 19.3 Å². The molecule has 0 spiro atoms. The van der Waals surface area contributed by atoms with Crippen LogP contribution in [0.4, 0.5) is 0 Å². The molecule has 82 valence electrons. The summed E-state index contributed by atoms with van der Waals surface area (Å²) < 4.78 is 5.67. The van der Waals surface area contributed by atoms with Gasteiger partial charge in [0, 0.05) is 6.54 Å². The molecule has 1 fully saturated rings. The largest absolute Gasteiger partial charge is 0.375 e. The summed E-state index contributed by atoms with van der Waals surface area (Å²) in [5.41, 5.74) is 4.04. The third-order valence-corrected chi connectivity index (χ3v) is 3.00. The van der Waals surface area contributed by atoms with Gasteiger partial charge in [-0.3, -0.25) is 0 Å². The third kappa shape index (κ3) is 2.39. The minimum Gasteiger partial charge on any atom is -0.375 e. The number of morpholine rings is 1. The van der Waals surface area contributed by atoms with Crippen LogP contribution in [0.15, 0.2) is 18.2 Å². The molecule has 1 heterocycles. The Hall–Kier alpha value is -0.860. The molecule has 0 bridgehead atoms. The monoisotopic (exact) mass is 205 g/mol.